The number of carbonyl (C=O) groups is 1. The molecule has 0 fully saturated rings. The van der Waals surface area contributed by atoms with Crippen molar-refractivity contribution in [3.63, 3.8) is 0 Å². The highest BCUT2D eigenvalue weighted by Crippen LogP contribution is 2.30. The molecule has 1 aromatic carbocycles. The molecular formula is C21H25F3N2O4. The molecule has 0 spiro atoms. The Morgan fingerprint density at radius 2 is 1.77 bits per heavy atom. The summed E-state index contributed by atoms with van der Waals surface area (Å²) in [5.41, 5.74) is -0.842. The zero-order chi connectivity index (χ0) is 22.1. The lowest BCUT2D eigenvalue weighted by molar-refractivity contribution is -0.144. The van der Waals surface area contributed by atoms with Crippen LogP contribution in [0.5, 0.6) is 17.4 Å². The highest BCUT2D eigenvalue weighted by atomic mass is 19.4. The molecule has 0 aliphatic rings. The molecule has 0 saturated heterocycles. The highest BCUT2D eigenvalue weighted by molar-refractivity contribution is 5.70. The fourth-order valence-electron chi connectivity index (χ4n) is 2.68. The molecule has 9 heteroatoms. The predicted molar refractivity (Wildman–Crippen MR) is 105 cm³/mol. The second-order valence-electron chi connectivity index (χ2n) is 6.45. The van der Waals surface area contributed by atoms with E-state index in [0.717, 1.165) is 18.3 Å². The van der Waals surface area contributed by atoms with Gasteiger partial charge in [0.25, 0.3) is 0 Å². The van der Waals surface area contributed by atoms with Gasteiger partial charge in [-0.2, -0.15) is 13.2 Å². The zero-order valence-corrected chi connectivity index (χ0v) is 17.0. The number of alkyl halides is 3. The normalized spacial score (nSPS) is 13.4. The van der Waals surface area contributed by atoms with Gasteiger partial charge in [-0.05, 0) is 50.7 Å². The van der Waals surface area contributed by atoms with E-state index >= 15 is 0 Å². The number of rotatable bonds is 10. The molecule has 6 nitrogen and oxygen atoms in total. The largest absolute Gasteiger partial charge is 0.489 e. The molecule has 0 saturated carbocycles. The SMILES string of the molecule is CCNC(CC(=O)OCC)C(C)Oc1ccc(Oc2ccc(C(F)(F)F)cn2)cc1. The van der Waals surface area contributed by atoms with E-state index in [9.17, 15) is 18.0 Å². The summed E-state index contributed by atoms with van der Waals surface area (Å²) in [4.78, 5) is 15.4. The molecule has 1 heterocycles. The molecule has 2 rings (SSSR count). The lowest BCUT2D eigenvalue weighted by Crippen LogP contribution is -2.43. The van der Waals surface area contributed by atoms with E-state index in [1.54, 1.807) is 31.2 Å². The minimum absolute atomic E-state index is 0.0479. The van der Waals surface area contributed by atoms with Crippen LogP contribution in [0, 0.1) is 0 Å². The number of nitrogens with one attached hydrogen (secondary N) is 1. The third kappa shape index (κ3) is 7.22. The minimum atomic E-state index is -4.45. The summed E-state index contributed by atoms with van der Waals surface area (Å²) in [6.45, 7) is 6.53. The summed E-state index contributed by atoms with van der Waals surface area (Å²) in [5.74, 6) is 0.706. The van der Waals surface area contributed by atoms with Gasteiger partial charge in [-0.1, -0.05) is 6.92 Å². The quantitative estimate of drug-likeness (QED) is 0.561. The first-order valence-corrected chi connectivity index (χ1v) is 9.59. The Hall–Kier alpha value is -2.81. The van der Waals surface area contributed by atoms with Crippen LogP contribution in [0.25, 0.3) is 0 Å². The van der Waals surface area contributed by atoms with Crippen LogP contribution in [-0.2, 0) is 15.7 Å². The average molecular weight is 426 g/mol. The number of aromatic nitrogens is 1. The topological polar surface area (TPSA) is 69.7 Å². The van der Waals surface area contributed by atoms with Gasteiger partial charge in [0, 0.05) is 12.3 Å². The van der Waals surface area contributed by atoms with E-state index in [2.05, 4.69) is 10.3 Å². The Morgan fingerprint density at radius 3 is 2.30 bits per heavy atom. The number of pyridine rings is 1. The lowest BCUT2D eigenvalue weighted by Gasteiger charge is -2.25. The fourth-order valence-corrected chi connectivity index (χ4v) is 2.68. The molecule has 2 aromatic rings. The number of esters is 1. The monoisotopic (exact) mass is 426 g/mol. The van der Waals surface area contributed by atoms with Crippen molar-refractivity contribution in [2.75, 3.05) is 13.2 Å². The van der Waals surface area contributed by atoms with Gasteiger partial charge >= 0.3 is 12.1 Å². The number of benzene rings is 1. The van der Waals surface area contributed by atoms with E-state index in [1.165, 1.54) is 0 Å². The van der Waals surface area contributed by atoms with Crippen molar-refractivity contribution < 1.29 is 32.2 Å². The molecule has 0 aliphatic heterocycles. The van der Waals surface area contributed by atoms with Crippen LogP contribution in [0.15, 0.2) is 42.6 Å². The van der Waals surface area contributed by atoms with Crippen molar-refractivity contribution >= 4 is 5.97 Å². The predicted octanol–water partition coefficient (Wildman–Crippen LogP) is 4.59. The first kappa shape index (κ1) is 23.5. The van der Waals surface area contributed by atoms with Crippen molar-refractivity contribution in [2.45, 2.75) is 45.5 Å². The highest BCUT2D eigenvalue weighted by Gasteiger charge is 2.30. The number of hydrogen-bond donors (Lipinski definition) is 1. The maximum absolute atomic E-state index is 12.6. The van der Waals surface area contributed by atoms with Gasteiger partial charge in [-0.15, -0.1) is 0 Å². The van der Waals surface area contributed by atoms with E-state index in [1.807, 2.05) is 13.8 Å². The van der Waals surface area contributed by atoms with Crippen molar-refractivity contribution in [1.82, 2.24) is 10.3 Å². The lowest BCUT2D eigenvalue weighted by atomic mass is 10.1. The Bertz CT molecular complexity index is 795. The van der Waals surface area contributed by atoms with Gasteiger partial charge in [0.05, 0.1) is 24.6 Å². The van der Waals surface area contributed by atoms with E-state index in [-0.39, 0.29) is 30.4 Å². The summed E-state index contributed by atoms with van der Waals surface area (Å²) in [6, 6.07) is 8.43. The summed E-state index contributed by atoms with van der Waals surface area (Å²) >= 11 is 0. The summed E-state index contributed by atoms with van der Waals surface area (Å²) in [7, 11) is 0. The van der Waals surface area contributed by atoms with Crippen molar-refractivity contribution in [3.05, 3.63) is 48.2 Å². The zero-order valence-electron chi connectivity index (χ0n) is 17.0. The Morgan fingerprint density at radius 1 is 1.10 bits per heavy atom. The number of halogens is 3. The maximum Gasteiger partial charge on any atom is 0.417 e. The van der Waals surface area contributed by atoms with Crippen LogP contribution in [0.2, 0.25) is 0 Å². The Balaban J connectivity index is 1.96. The second kappa shape index (κ2) is 10.8. The van der Waals surface area contributed by atoms with Crippen LogP contribution < -0.4 is 14.8 Å². The molecule has 164 valence electrons. The number of carbonyl (C=O) groups excluding carboxylic acids is 1. The van der Waals surface area contributed by atoms with Crippen molar-refractivity contribution in [2.24, 2.45) is 0 Å². The molecular weight excluding hydrogens is 401 g/mol. The number of likely N-dealkylation sites (N-methyl/N-ethyl adjacent to an activating group) is 1. The average Bonchev–Trinajstić information content (AvgIpc) is 2.69. The molecule has 0 aliphatic carbocycles. The molecule has 0 radical (unpaired) electrons. The van der Waals surface area contributed by atoms with E-state index in [4.69, 9.17) is 14.2 Å². The Labute approximate surface area is 173 Å². The van der Waals surface area contributed by atoms with Gasteiger partial charge < -0.3 is 19.5 Å². The fraction of sp³-hybridized carbons (Fsp3) is 0.429. The van der Waals surface area contributed by atoms with Gasteiger partial charge in [0.2, 0.25) is 5.88 Å². The maximum atomic E-state index is 12.6. The third-order valence-corrected chi connectivity index (χ3v) is 4.16. The molecule has 0 amide bonds. The van der Waals surface area contributed by atoms with Crippen LogP contribution >= 0.6 is 0 Å². The minimum Gasteiger partial charge on any atom is -0.489 e. The smallest absolute Gasteiger partial charge is 0.417 e. The van der Waals surface area contributed by atoms with Gasteiger partial charge in [-0.25, -0.2) is 4.98 Å². The molecule has 1 N–H and O–H groups in total. The van der Waals surface area contributed by atoms with Gasteiger partial charge in [0.15, 0.2) is 0 Å². The number of ether oxygens (including phenoxy) is 3. The number of hydrogen-bond acceptors (Lipinski definition) is 6. The second-order valence-corrected chi connectivity index (χ2v) is 6.45. The summed E-state index contributed by atoms with van der Waals surface area (Å²) in [5, 5.41) is 3.21. The molecule has 2 unspecified atom stereocenters. The van der Waals surface area contributed by atoms with Crippen LogP contribution in [0.3, 0.4) is 0 Å². The Kier molecular flexibility index (Phi) is 8.46. The first-order chi connectivity index (χ1) is 14.2. The van der Waals surface area contributed by atoms with Crippen LogP contribution in [0.4, 0.5) is 13.2 Å². The van der Waals surface area contributed by atoms with Gasteiger partial charge in [-0.3, -0.25) is 4.79 Å². The summed E-state index contributed by atoms with van der Waals surface area (Å²) < 4.78 is 54.1. The van der Waals surface area contributed by atoms with Crippen molar-refractivity contribution in [1.29, 1.82) is 0 Å². The van der Waals surface area contributed by atoms with Crippen LogP contribution in [-0.4, -0.2) is 36.3 Å². The van der Waals surface area contributed by atoms with Crippen LogP contribution in [0.1, 0.15) is 32.8 Å². The first-order valence-electron chi connectivity index (χ1n) is 9.59. The van der Waals surface area contributed by atoms with Gasteiger partial charge in [0.1, 0.15) is 17.6 Å². The van der Waals surface area contributed by atoms with Crippen molar-refractivity contribution in [3.8, 4) is 17.4 Å². The van der Waals surface area contributed by atoms with E-state index < -0.39 is 11.7 Å². The standard InChI is InChI=1S/C21H25F3N2O4/c1-4-25-18(12-20(27)28-5-2)14(3)29-16-7-9-17(10-8-16)30-19-11-6-15(13-26-19)21(22,23)24/h6-11,13-14,18,25H,4-5,12H2,1-3H3. The van der Waals surface area contributed by atoms with E-state index in [0.29, 0.717) is 24.7 Å². The molecule has 0 bridgehead atoms. The third-order valence-electron chi connectivity index (χ3n) is 4.16. The number of nitrogens with zero attached hydrogens (tertiary/aromatic N) is 1. The molecule has 1 aromatic heterocycles. The summed E-state index contributed by atoms with van der Waals surface area (Å²) in [6.07, 6.45) is -3.85. The molecule has 2 atom stereocenters. The molecule has 30 heavy (non-hydrogen) atoms.